The van der Waals surface area contributed by atoms with Crippen molar-refractivity contribution in [2.75, 3.05) is 6.61 Å². The maximum atomic E-state index is 11.1. The summed E-state index contributed by atoms with van der Waals surface area (Å²) >= 11 is 0. The summed E-state index contributed by atoms with van der Waals surface area (Å²) in [6, 6.07) is 11.2. The second-order valence-corrected chi connectivity index (χ2v) is 3.83. The molecule has 0 saturated carbocycles. The fourth-order valence-corrected chi connectivity index (χ4v) is 1.60. The second kappa shape index (κ2) is 5.78. The molecule has 0 radical (unpaired) electrons. The number of carbonyl (C=O) groups excluding carboxylic acids is 1. The smallest absolute Gasteiger partial charge is 0.150 e. The van der Waals surface area contributed by atoms with Gasteiger partial charge in [-0.2, -0.15) is 5.26 Å². The molecule has 0 unspecified atom stereocenters. The highest BCUT2D eigenvalue weighted by atomic mass is 16.5. The van der Waals surface area contributed by atoms with E-state index in [4.69, 9.17) is 10.00 Å². The van der Waals surface area contributed by atoms with Crippen molar-refractivity contribution in [2.24, 2.45) is 0 Å². The van der Waals surface area contributed by atoms with Crippen molar-refractivity contribution in [3.63, 3.8) is 0 Å². The number of nitriles is 1. The fourth-order valence-electron chi connectivity index (χ4n) is 1.60. The lowest BCUT2D eigenvalue weighted by atomic mass is 10.2. The van der Waals surface area contributed by atoms with Gasteiger partial charge in [0, 0.05) is 18.0 Å². The van der Waals surface area contributed by atoms with Crippen LogP contribution in [0.5, 0.6) is 5.75 Å². The maximum absolute atomic E-state index is 11.1. The predicted molar refractivity (Wildman–Crippen MR) is 67.1 cm³/mol. The normalized spacial score (nSPS) is 9.94. The molecule has 0 bridgehead atoms. The number of rotatable bonds is 5. The molecule has 1 heterocycles. The number of hydrogen-bond acceptors (Lipinski definition) is 4. The molecular formula is C14H12N2O2. The van der Waals surface area contributed by atoms with E-state index in [0.717, 1.165) is 10.9 Å². The Bertz CT molecular complexity index is 602. The first-order valence-electron chi connectivity index (χ1n) is 5.66. The fraction of sp³-hybridized carbons (Fsp3) is 0.214. The van der Waals surface area contributed by atoms with Crippen LogP contribution >= 0.6 is 0 Å². The van der Waals surface area contributed by atoms with Crippen LogP contribution in [0.2, 0.25) is 0 Å². The third-order valence-corrected chi connectivity index (χ3v) is 2.50. The third-order valence-electron chi connectivity index (χ3n) is 2.50. The van der Waals surface area contributed by atoms with E-state index in [9.17, 15) is 4.79 Å². The first-order valence-corrected chi connectivity index (χ1v) is 5.66. The Labute approximate surface area is 105 Å². The van der Waals surface area contributed by atoms with E-state index in [2.05, 4.69) is 4.98 Å². The first kappa shape index (κ1) is 12.1. The minimum atomic E-state index is -0.0973. The Kier molecular flexibility index (Phi) is 3.87. The molecule has 1 aromatic heterocycles. The number of ether oxygens (including phenoxy) is 1. The van der Waals surface area contributed by atoms with Crippen molar-refractivity contribution in [1.29, 1.82) is 5.26 Å². The lowest BCUT2D eigenvalue weighted by molar-refractivity contribution is -0.118. The molecule has 0 saturated heterocycles. The highest BCUT2D eigenvalue weighted by Crippen LogP contribution is 2.18. The molecule has 0 N–H and O–H groups in total. The Morgan fingerprint density at radius 3 is 3.11 bits per heavy atom. The van der Waals surface area contributed by atoms with E-state index in [0.29, 0.717) is 12.4 Å². The van der Waals surface area contributed by atoms with Gasteiger partial charge < -0.3 is 4.74 Å². The zero-order chi connectivity index (χ0) is 12.8. The number of hydrogen-bond donors (Lipinski definition) is 0. The van der Waals surface area contributed by atoms with Gasteiger partial charge in [0.2, 0.25) is 0 Å². The monoisotopic (exact) mass is 240 g/mol. The molecule has 0 fully saturated rings. The summed E-state index contributed by atoms with van der Waals surface area (Å²) in [5.41, 5.74) is 0.908. The van der Waals surface area contributed by atoms with Crippen LogP contribution in [0.4, 0.5) is 0 Å². The molecule has 18 heavy (non-hydrogen) atoms. The molecule has 0 aliphatic carbocycles. The summed E-state index contributed by atoms with van der Waals surface area (Å²) in [5, 5.41) is 9.35. The molecule has 2 aromatic rings. The van der Waals surface area contributed by atoms with Crippen LogP contribution in [-0.2, 0) is 4.79 Å². The number of pyridine rings is 1. The van der Waals surface area contributed by atoms with Crippen molar-refractivity contribution in [1.82, 2.24) is 4.98 Å². The van der Waals surface area contributed by atoms with Gasteiger partial charge in [-0.1, -0.05) is 6.07 Å². The topological polar surface area (TPSA) is 63.0 Å². The minimum absolute atomic E-state index is 0.0506. The lowest BCUT2D eigenvalue weighted by Gasteiger charge is -2.05. The summed E-state index contributed by atoms with van der Waals surface area (Å²) in [7, 11) is 0. The van der Waals surface area contributed by atoms with Crippen LogP contribution in [0.3, 0.4) is 0 Å². The van der Waals surface area contributed by atoms with Gasteiger partial charge in [-0.15, -0.1) is 0 Å². The summed E-state index contributed by atoms with van der Waals surface area (Å²) in [6.07, 6.45) is 1.95. The van der Waals surface area contributed by atoms with Gasteiger partial charge in [0.1, 0.15) is 11.5 Å². The molecule has 0 amide bonds. The predicted octanol–water partition coefficient (Wildman–Crippen LogP) is 2.49. The summed E-state index contributed by atoms with van der Waals surface area (Å²) < 4.78 is 5.47. The largest absolute Gasteiger partial charge is 0.493 e. The number of ketones is 1. The molecule has 90 valence electrons. The van der Waals surface area contributed by atoms with Gasteiger partial charge in [0.25, 0.3) is 0 Å². The number of nitrogens with zero attached hydrogens (tertiary/aromatic N) is 2. The maximum Gasteiger partial charge on any atom is 0.150 e. The van der Waals surface area contributed by atoms with E-state index in [-0.39, 0.29) is 18.6 Å². The molecule has 0 spiro atoms. The molecule has 2 rings (SSSR count). The Balaban J connectivity index is 1.96. The van der Waals surface area contributed by atoms with Gasteiger partial charge in [0.05, 0.1) is 24.6 Å². The van der Waals surface area contributed by atoms with Crippen LogP contribution in [0.25, 0.3) is 10.9 Å². The second-order valence-electron chi connectivity index (χ2n) is 3.83. The van der Waals surface area contributed by atoms with Crippen molar-refractivity contribution >= 4 is 16.7 Å². The average molecular weight is 240 g/mol. The summed E-state index contributed by atoms with van der Waals surface area (Å²) in [5.74, 6) is 0.611. The summed E-state index contributed by atoms with van der Waals surface area (Å²) in [4.78, 5) is 15.3. The molecule has 1 aromatic carbocycles. The Hall–Kier alpha value is -2.41. The molecular weight excluding hydrogens is 228 g/mol. The highest BCUT2D eigenvalue weighted by Gasteiger charge is 2.02. The van der Waals surface area contributed by atoms with Gasteiger partial charge in [-0.25, -0.2) is 0 Å². The standard InChI is InChI=1S/C14H12N2O2/c15-7-5-12(17)6-9-18-13-3-4-14-11(10-13)2-1-8-16-14/h1-4,8,10H,5-6,9H2. The van der Waals surface area contributed by atoms with Crippen LogP contribution in [0.15, 0.2) is 36.5 Å². The van der Waals surface area contributed by atoms with Crippen LogP contribution in [0.1, 0.15) is 12.8 Å². The third kappa shape index (κ3) is 3.05. The van der Waals surface area contributed by atoms with Gasteiger partial charge in [-0.3, -0.25) is 9.78 Å². The molecule has 4 nitrogen and oxygen atoms in total. The van der Waals surface area contributed by atoms with E-state index < -0.39 is 0 Å². The van der Waals surface area contributed by atoms with Gasteiger partial charge in [-0.05, 0) is 24.3 Å². The average Bonchev–Trinajstić information content (AvgIpc) is 2.39. The van der Waals surface area contributed by atoms with E-state index in [1.807, 2.05) is 36.4 Å². The Morgan fingerprint density at radius 2 is 2.28 bits per heavy atom. The molecule has 0 aliphatic rings. The van der Waals surface area contributed by atoms with Crippen LogP contribution in [-0.4, -0.2) is 17.4 Å². The number of fused-ring (bicyclic) bond motifs is 1. The quantitative estimate of drug-likeness (QED) is 0.805. The first-order chi connectivity index (χ1) is 8.79. The lowest BCUT2D eigenvalue weighted by Crippen LogP contribution is -2.05. The van der Waals surface area contributed by atoms with Crippen molar-refractivity contribution in [3.05, 3.63) is 36.5 Å². The van der Waals surface area contributed by atoms with E-state index in [1.165, 1.54) is 0 Å². The number of benzene rings is 1. The van der Waals surface area contributed by atoms with Crippen LogP contribution < -0.4 is 4.74 Å². The van der Waals surface area contributed by atoms with Crippen molar-refractivity contribution in [3.8, 4) is 11.8 Å². The van der Waals surface area contributed by atoms with Crippen LogP contribution in [0, 0.1) is 11.3 Å². The number of carbonyl (C=O) groups is 1. The summed E-state index contributed by atoms with van der Waals surface area (Å²) in [6.45, 7) is 0.298. The SMILES string of the molecule is N#CCC(=O)CCOc1ccc2ncccc2c1. The molecule has 0 atom stereocenters. The zero-order valence-electron chi connectivity index (χ0n) is 9.80. The van der Waals surface area contributed by atoms with E-state index >= 15 is 0 Å². The van der Waals surface area contributed by atoms with Gasteiger partial charge in [0.15, 0.2) is 0 Å². The zero-order valence-corrected chi connectivity index (χ0v) is 9.80. The van der Waals surface area contributed by atoms with Crippen molar-refractivity contribution in [2.45, 2.75) is 12.8 Å². The van der Waals surface area contributed by atoms with Crippen molar-refractivity contribution < 1.29 is 9.53 Å². The van der Waals surface area contributed by atoms with Gasteiger partial charge >= 0.3 is 0 Å². The van der Waals surface area contributed by atoms with E-state index in [1.54, 1.807) is 6.20 Å². The minimum Gasteiger partial charge on any atom is -0.493 e. The molecule has 0 aliphatic heterocycles. The number of Topliss-reactive ketones (excluding diaryl/α,β-unsaturated/α-hetero) is 1. The Morgan fingerprint density at radius 1 is 1.39 bits per heavy atom. The molecule has 4 heteroatoms. The number of aromatic nitrogens is 1. The highest BCUT2D eigenvalue weighted by molar-refractivity contribution is 5.81.